The second-order valence-electron chi connectivity index (χ2n) is 6.30. The Labute approximate surface area is 144 Å². The summed E-state index contributed by atoms with van der Waals surface area (Å²) in [4.78, 5) is 4.85. The summed E-state index contributed by atoms with van der Waals surface area (Å²) in [6.07, 6.45) is 9.11. The van der Waals surface area contributed by atoms with Gasteiger partial charge in [-0.3, -0.25) is 0 Å². The third kappa shape index (κ3) is 2.79. The van der Waals surface area contributed by atoms with Crippen LogP contribution in [0.5, 0.6) is 0 Å². The second-order valence-corrected chi connectivity index (χ2v) is 7.15. The van der Waals surface area contributed by atoms with E-state index in [2.05, 4.69) is 63.6 Å². The predicted octanol–water partition coefficient (Wildman–Crippen LogP) is 2.62. The van der Waals surface area contributed by atoms with Gasteiger partial charge >= 0.3 is 0 Å². The zero-order valence-corrected chi connectivity index (χ0v) is 14.7. The molecule has 1 atom stereocenters. The maximum absolute atomic E-state index is 4.85. The van der Waals surface area contributed by atoms with E-state index >= 15 is 0 Å². The Morgan fingerprint density at radius 1 is 1.22 bits per heavy atom. The lowest BCUT2D eigenvalue weighted by Gasteiger charge is -2.22. The largest absolute Gasteiger partial charge is 0.336 e. The fraction of sp³-hybridized carbons (Fsp3) is 0.333. The van der Waals surface area contributed by atoms with Gasteiger partial charge in [0, 0.05) is 17.7 Å². The Morgan fingerprint density at radius 2 is 2.00 bits per heavy atom. The highest BCUT2D eigenvalue weighted by atomic mass is 79.9. The van der Waals surface area contributed by atoms with E-state index in [4.69, 9.17) is 4.99 Å². The van der Waals surface area contributed by atoms with Crippen LogP contribution in [0.3, 0.4) is 0 Å². The van der Waals surface area contributed by atoms with Crippen LogP contribution in [0, 0.1) is 6.92 Å². The monoisotopic (exact) mass is 371 g/mol. The van der Waals surface area contributed by atoms with Crippen molar-refractivity contribution in [1.29, 1.82) is 0 Å². The molecule has 0 saturated heterocycles. The summed E-state index contributed by atoms with van der Waals surface area (Å²) in [6, 6.07) is 8.95. The van der Waals surface area contributed by atoms with Gasteiger partial charge in [-0.05, 0) is 41.3 Å². The van der Waals surface area contributed by atoms with Gasteiger partial charge in [0.25, 0.3) is 5.82 Å². The number of fused-ring (bicyclic) bond motifs is 1. The van der Waals surface area contributed by atoms with Crippen molar-refractivity contribution in [2.75, 3.05) is 0 Å². The molecule has 2 heterocycles. The van der Waals surface area contributed by atoms with Crippen LogP contribution in [0.15, 0.2) is 56.6 Å². The molecule has 118 valence electrons. The summed E-state index contributed by atoms with van der Waals surface area (Å²) in [5, 5.41) is 9.21. The van der Waals surface area contributed by atoms with Gasteiger partial charge in [-0.1, -0.05) is 42.2 Å². The van der Waals surface area contributed by atoms with Crippen LogP contribution < -0.4 is 10.3 Å². The van der Waals surface area contributed by atoms with Gasteiger partial charge in [-0.2, -0.15) is 4.99 Å². The molecule has 2 N–H and O–H groups in total. The topological polar surface area (TPSA) is 41.2 Å². The minimum atomic E-state index is 0.556. The number of hydrogen-bond donors (Lipinski definition) is 2. The number of allylic oxidation sites excluding steroid dienone is 2. The van der Waals surface area contributed by atoms with Crippen LogP contribution in [-0.2, 0) is 0 Å². The van der Waals surface area contributed by atoms with Crippen molar-refractivity contribution in [2.45, 2.75) is 38.6 Å². The molecule has 1 aromatic carbocycles. The summed E-state index contributed by atoms with van der Waals surface area (Å²) < 4.78 is 0.956. The first-order valence-electron chi connectivity index (χ1n) is 8.17. The van der Waals surface area contributed by atoms with Gasteiger partial charge in [0.15, 0.2) is 0 Å². The van der Waals surface area contributed by atoms with Crippen molar-refractivity contribution in [2.24, 2.45) is 10.1 Å². The maximum atomic E-state index is 4.85. The standard InChI is InChI=1S/C18H19BrN4/c1-12-6-2-5-9-14(12)16-10-17(21-13-7-3-4-8-13)23-18(22-16)15(19)11-20-23/h2,5-6,9-11,13,21H,3-4,7-8H2,1H3/p+1. The van der Waals surface area contributed by atoms with E-state index in [9.17, 15) is 0 Å². The van der Waals surface area contributed by atoms with Gasteiger partial charge in [-0.25, -0.2) is 0 Å². The van der Waals surface area contributed by atoms with Crippen LogP contribution in [0.4, 0.5) is 0 Å². The molecular formula is C18H20BrN4+. The van der Waals surface area contributed by atoms with Crippen LogP contribution in [0.1, 0.15) is 36.8 Å². The normalized spacial score (nSPS) is 23.8. The van der Waals surface area contributed by atoms with E-state index in [0.717, 1.165) is 26.8 Å². The van der Waals surface area contributed by atoms with Crippen LogP contribution in [0.2, 0.25) is 0 Å². The second kappa shape index (κ2) is 6.06. The zero-order valence-electron chi connectivity index (χ0n) is 13.1. The van der Waals surface area contributed by atoms with Crippen molar-refractivity contribution in [3.63, 3.8) is 0 Å². The first kappa shape index (κ1) is 14.8. The van der Waals surface area contributed by atoms with E-state index < -0.39 is 0 Å². The van der Waals surface area contributed by atoms with Crippen molar-refractivity contribution >= 4 is 27.9 Å². The van der Waals surface area contributed by atoms with E-state index in [0.29, 0.717) is 6.04 Å². The van der Waals surface area contributed by atoms with Crippen molar-refractivity contribution in [3.8, 4) is 0 Å². The summed E-state index contributed by atoms with van der Waals surface area (Å²) >= 11 is 3.59. The number of nitrogens with one attached hydrogen (secondary N) is 2. The maximum Gasteiger partial charge on any atom is 0.275 e. The lowest BCUT2D eigenvalue weighted by Crippen LogP contribution is -3.05. The third-order valence-corrected chi connectivity index (χ3v) is 5.24. The zero-order chi connectivity index (χ0) is 15.8. The molecule has 3 aliphatic rings. The average Bonchev–Trinajstić information content (AvgIpc) is 3.18. The summed E-state index contributed by atoms with van der Waals surface area (Å²) in [5.41, 5.74) is 3.42. The van der Waals surface area contributed by atoms with Crippen LogP contribution in [0.25, 0.3) is 0 Å². The molecule has 2 aliphatic heterocycles. The Bertz CT molecular complexity index is 754. The number of halogens is 1. The molecule has 0 aromatic heterocycles. The first-order valence-corrected chi connectivity index (χ1v) is 8.96. The lowest BCUT2D eigenvalue weighted by molar-refractivity contribution is -0.829. The van der Waals surface area contributed by atoms with Gasteiger partial charge in [-0.15, -0.1) is 5.01 Å². The van der Waals surface area contributed by atoms with E-state index in [1.54, 1.807) is 0 Å². The highest BCUT2D eigenvalue weighted by Crippen LogP contribution is 2.21. The fourth-order valence-electron chi connectivity index (χ4n) is 3.42. The minimum Gasteiger partial charge on any atom is -0.336 e. The quantitative estimate of drug-likeness (QED) is 0.842. The molecule has 23 heavy (non-hydrogen) atoms. The Morgan fingerprint density at radius 3 is 2.78 bits per heavy atom. The van der Waals surface area contributed by atoms with Crippen molar-refractivity contribution < 1.29 is 5.01 Å². The minimum absolute atomic E-state index is 0.556. The predicted molar refractivity (Wildman–Crippen MR) is 96.6 cm³/mol. The number of hydrogen-bond acceptors (Lipinski definition) is 3. The molecule has 1 aromatic rings. The number of quaternary nitrogens is 1. The number of aliphatic imine (C=N–C) groups is 1. The number of nitrogens with zero attached hydrogens (tertiary/aromatic N) is 2. The summed E-state index contributed by atoms with van der Waals surface area (Å²) in [6.45, 7) is 2.13. The molecule has 1 unspecified atom stereocenters. The molecule has 0 radical (unpaired) electrons. The molecule has 4 nitrogen and oxygen atoms in total. The molecule has 0 bridgehead atoms. The number of rotatable bonds is 3. The fourth-order valence-corrected chi connectivity index (χ4v) is 3.80. The van der Waals surface area contributed by atoms with Gasteiger partial charge in [0.2, 0.25) is 5.82 Å². The Hall–Kier alpha value is -1.72. The number of aryl methyl sites for hydroxylation is 1. The summed E-state index contributed by atoms with van der Waals surface area (Å²) in [7, 11) is 0. The molecule has 1 aliphatic carbocycles. The van der Waals surface area contributed by atoms with Gasteiger partial charge in [0.05, 0.1) is 5.71 Å². The highest BCUT2D eigenvalue weighted by molar-refractivity contribution is 9.12. The van der Waals surface area contributed by atoms with E-state index in [1.165, 1.54) is 36.8 Å². The Kier molecular flexibility index (Phi) is 3.91. The van der Waals surface area contributed by atoms with Crippen LogP contribution >= 0.6 is 15.9 Å². The first-order chi connectivity index (χ1) is 11.2. The molecule has 1 saturated carbocycles. The molecular weight excluding hydrogens is 352 g/mol. The van der Waals surface area contributed by atoms with Gasteiger partial charge in [0.1, 0.15) is 10.7 Å². The molecule has 0 spiro atoms. The highest BCUT2D eigenvalue weighted by Gasteiger charge is 2.34. The molecule has 1 fully saturated rings. The van der Waals surface area contributed by atoms with E-state index in [-0.39, 0.29) is 0 Å². The van der Waals surface area contributed by atoms with Crippen LogP contribution in [-0.4, -0.2) is 18.0 Å². The lowest BCUT2D eigenvalue weighted by atomic mass is 10.0. The van der Waals surface area contributed by atoms with Gasteiger partial charge < -0.3 is 5.32 Å². The Balaban J connectivity index is 1.73. The SMILES string of the molecule is Cc1ccccc1C1=NC2=C(Br)C=N[NH+]2C(NC2CCCC2)=C1. The summed E-state index contributed by atoms with van der Waals surface area (Å²) in [5.74, 6) is 2.04. The van der Waals surface area contributed by atoms with E-state index in [1.807, 2.05) is 6.21 Å². The third-order valence-electron chi connectivity index (χ3n) is 4.66. The smallest absolute Gasteiger partial charge is 0.275 e. The van der Waals surface area contributed by atoms with Crippen molar-refractivity contribution in [3.05, 3.63) is 57.6 Å². The average molecular weight is 372 g/mol. The molecule has 4 rings (SSSR count). The van der Waals surface area contributed by atoms with Crippen molar-refractivity contribution in [1.82, 2.24) is 5.32 Å². The molecule has 5 heteroatoms. The molecule has 0 amide bonds. The number of benzene rings is 1.